The number of nitrogens with zero attached hydrogens (tertiary/aromatic N) is 5. The number of rotatable bonds is 5. The molecule has 0 aliphatic heterocycles. The van der Waals surface area contributed by atoms with Crippen LogP contribution in [0.15, 0.2) is 29.7 Å². The molecule has 0 saturated heterocycles. The number of hydrogen-bond acceptors (Lipinski definition) is 6. The fourth-order valence-corrected chi connectivity index (χ4v) is 3.82. The van der Waals surface area contributed by atoms with Crippen LogP contribution in [0.1, 0.15) is 0 Å². The van der Waals surface area contributed by atoms with Gasteiger partial charge in [-0.15, -0.1) is 11.8 Å². The average molecular weight is 385 g/mol. The van der Waals surface area contributed by atoms with Crippen molar-refractivity contribution in [2.45, 2.75) is 4.90 Å². The summed E-state index contributed by atoms with van der Waals surface area (Å²) in [6, 6.07) is 0. The minimum atomic E-state index is -0.324. The zero-order valence-electron chi connectivity index (χ0n) is 14.8. The molecule has 0 radical (unpaired) electrons. The number of fused-ring (bicyclic) bond motifs is 2. The Hall–Kier alpha value is -3.14. The van der Waals surface area contributed by atoms with Crippen LogP contribution in [0.25, 0.3) is 27.8 Å². The Bertz CT molecular complexity index is 1170. The van der Waals surface area contributed by atoms with E-state index in [1.807, 2.05) is 6.26 Å². The van der Waals surface area contributed by atoms with Crippen LogP contribution in [-0.4, -0.2) is 51.3 Å². The number of amides is 1. The summed E-state index contributed by atoms with van der Waals surface area (Å²) in [5.41, 5.74) is 2.88. The predicted molar refractivity (Wildman–Crippen MR) is 104 cm³/mol. The highest BCUT2D eigenvalue weighted by Crippen LogP contribution is 2.42. The number of carbonyl (C=O) groups is 1. The van der Waals surface area contributed by atoms with Gasteiger partial charge < -0.3 is 14.6 Å². The van der Waals surface area contributed by atoms with Gasteiger partial charge in [0.2, 0.25) is 6.41 Å². The number of anilines is 2. The third-order valence-corrected chi connectivity index (χ3v) is 5.03. The highest BCUT2D eigenvalue weighted by Gasteiger charge is 2.23. The van der Waals surface area contributed by atoms with Gasteiger partial charge in [0.15, 0.2) is 17.3 Å². The molecule has 138 valence electrons. The van der Waals surface area contributed by atoms with Crippen molar-refractivity contribution in [1.29, 1.82) is 0 Å². The van der Waals surface area contributed by atoms with E-state index in [4.69, 9.17) is 0 Å². The Labute approximate surface area is 157 Å². The normalized spacial score (nSPS) is 11.3. The smallest absolute Gasteiger partial charge is 0.212 e. The first-order valence-electron chi connectivity index (χ1n) is 8.00. The third kappa shape index (κ3) is 2.69. The molecule has 3 aromatic heterocycles. The fourth-order valence-electron chi connectivity index (χ4n) is 3.13. The molecule has 0 spiro atoms. The van der Waals surface area contributed by atoms with Crippen LogP contribution < -0.4 is 10.2 Å². The van der Waals surface area contributed by atoms with E-state index in [0.29, 0.717) is 45.2 Å². The maximum atomic E-state index is 15.3. The van der Waals surface area contributed by atoms with Crippen LogP contribution in [0.3, 0.4) is 0 Å². The summed E-state index contributed by atoms with van der Waals surface area (Å²) in [6.45, 7) is 0. The standard InChI is InChI=1S/C17H16FN7OS/c1-24(2)16-14(18)17(27-3)13(9-4-21-23-15(9)16)10-6-25-7-11(20-8-26)22-12(25)5-19-10/h4-8H,1-3H3,(H,20,26)(H,21,23). The quantitative estimate of drug-likeness (QED) is 0.405. The number of aromatic amines is 1. The van der Waals surface area contributed by atoms with E-state index in [-0.39, 0.29) is 5.82 Å². The number of hydrogen-bond donors (Lipinski definition) is 2. The van der Waals surface area contributed by atoms with E-state index in [9.17, 15) is 4.79 Å². The van der Waals surface area contributed by atoms with Gasteiger partial charge in [0.25, 0.3) is 0 Å². The zero-order valence-corrected chi connectivity index (χ0v) is 15.6. The molecule has 8 nitrogen and oxygen atoms in total. The van der Waals surface area contributed by atoms with E-state index in [2.05, 4.69) is 25.5 Å². The van der Waals surface area contributed by atoms with E-state index in [1.54, 1.807) is 48.2 Å². The predicted octanol–water partition coefficient (Wildman–Crippen LogP) is 2.77. The summed E-state index contributed by atoms with van der Waals surface area (Å²) in [4.78, 5) is 21.6. The monoisotopic (exact) mass is 385 g/mol. The molecule has 0 bridgehead atoms. The lowest BCUT2D eigenvalue weighted by atomic mass is 10.1. The third-order valence-electron chi connectivity index (χ3n) is 4.24. The van der Waals surface area contributed by atoms with Crippen molar-refractivity contribution in [2.24, 2.45) is 0 Å². The van der Waals surface area contributed by atoms with Crippen molar-refractivity contribution in [2.75, 3.05) is 30.6 Å². The number of H-pyrrole nitrogens is 1. The second-order valence-corrected chi connectivity index (χ2v) is 6.87. The molecule has 27 heavy (non-hydrogen) atoms. The number of nitrogens with one attached hydrogen (secondary N) is 2. The van der Waals surface area contributed by atoms with Crippen LogP contribution in [0, 0.1) is 5.82 Å². The van der Waals surface area contributed by atoms with Gasteiger partial charge in [-0.3, -0.25) is 14.9 Å². The van der Waals surface area contributed by atoms with Crippen molar-refractivity contribution in [3.8, 4) is 11.3 Å². The minimum Gasteiger partial charge on any atom is -0.374 e. The fraction of sp³-hybridized carbons (Fsp3) is 0.176. The van der Waals surface area contributed by atoms with Gasteiger partial charge in [0.05, 0.1) is 40.4 Å². The molecule has 0 unspecified atom stereocenters. The van der Waals surface area contributed by atoms with E-state index in [1.165, 1.54) is 11.8 Å². The molecule has 1 aromatic carbocycles. The van der Waals surface area contributed by atoms with Crippen LogP contribution in [0.4, 0.5) is 15.9 Å². The van der Waals surface area contributed by atoms with Gasteiger partial charge in [0.1, 0.15) is 0 Å². The maximum Gasteiger partial charge on any atom is 0.212 e. The molecule has 3 heterocycles. The van der Waals surface area contributed by atoms with E-state index < -0.39 is 0 Å². The van der Waals surface area contributed by atoms with Gasteiger partial charge in [-0.25, -0.2) is 9.37 Å². The van der Waals surface area contributed by atoms with Crippen molar-refractivity contribution < 1.29 is 9.18 Å². The Morgan fingerprint density at radius 2 is 2.15 bits per heavy atom. The van der Waals surface area contributed by atoms with Gasteiger partial charge in [0, 0.05) is 31.2 Å². The highest BCUT2D eigenvalue weighted by atomic mass is 32.2. The lowest BCUT2D eigenvalue weighted by molar-refractivity contribution is -0.105. The first-order valence-corrected chi connectivity index (χ1v) is 9.22. The average Bonchev–Trinajstić information content (AvgIpc) is 3.26. The molecule has 0 aliphatic rings. The highest BCUT2D eigenvalue weighted by molar-refractivity contribution is 7.98. The molecule has 4 rings (SSSR count). The molecular formula is C17H16FN7OS. The van der Waals surface area contributed by atoms with Crippen LogP contribution in [0.5, 0.6) is 0 Å². The number of carbonyl (C=O) groups excluding carboxylic acids is 1. The summed E-state index contributed by atoms with van der Waals surface area (Å²) in [6.07, 6.45) is 9.08. The Kier molecular flexibility index (Phi) is 4.19. The molecule has 0 saturated carbocycles. The Morgan fingerprint density at radius 1 is 1.33 bits per heavy atom. The number of halogens is 1. The van der Waals surface area contributed by atoms with Gasteiger partial charge >= 0.3 is 0 Å². The molecule has 10 heteroatoms. The molecule has 0 fully saturated rings. The van der Waals surface area contributed by atoms with Gasteiger partial charge in [-0.05, 0) is 6.26 Å². The van der Waals surface area contributed by atoms with E-state index >= 15 is 4.39 Å². The van der Waals surface area contributed by atoms with Crippen LogP contribution in [0.2, 0.25) is 0 Å². The largest absolute Gasteiger partial charge is 0.374 e. The molecular weight excluding hydrogens is 369 g/mol. The second-order valence-electron chi connectivity index (χ2n) is 6.05. The van der Waals surface area contributed by atoms with Gasteiger partial charge in [-0.2, -0.15) is 5.10 Å². The summed E-state index contributed by atoms with van der Waals surface area (Å²) in [5.74, 6) is 0.0896. The Balaban J connectivity index is 2.01. The molecule has 0 aliphatic carbocycles. The summed E-state index contributed by atoms with van der Waals surface area (Å²) in [7, 11) is 3.58. The maximum absolute atomic E-state index is 15.3. The summed E-state index contributed by atoms with van der Waals surface area (Å²) >= 11 is 1.32. The molecule has 2 N–H and O–H groups in total. The summed E-state index contributed by atoms with van der Waals surface area (Å²) in [5, 5.41) is 10.3. The second kappa shape index (κ2) is 6.54. The lowest BCUT2D eigenvalue weighted by Crippen LogP contribution is -2.12. The Morgan fingerprint density at radius 3 is 2.85 bits per heavy atom. The number of imidazole rings is 1. The van der Waals surface area contributed by atoms with Gasteiger partial charge in [-0.1, -0.05) is 0 Å². The summed E-state index contributed by atoms with van der Waals surface area (Å²) < 4.78 is 17.0. The first-order chi connectivity index (χ1) is 13.0. The topological polar surface area (TPSA) is 91.2 Å². The van der Waals surface area contributed by atoms with Crippen molar-refractivity contribution in [3.63, 3.8) is 0 Å². The van der Waals surface area contributed by atoms with Crippen molar-refractivity contribution >= 4 is 46.2 Å². The number of benzene rings is 1. The van der Waals surface area contributed by atoms with Crippen LogP contribution in [-0.2, 0) is 4.79 Å². The SMILES string of the molecule is CSc1c(F)c(N(C)C)c2[nH]ncc2c1-c1cn2cc(NC=O)nc2cn1. The van der Waals surface area contributed by atoms with Crippen LogP contribution >= 0.6 is 11.8 Å². The molecule has 1 amide bonds. The first kappa shape index (κ1) is 17.3. The van der Waals surface area contributed by atoms with Crippen molar-refractivity contribution in [3.05, 3.63) is 30.6 Å². The van der Waals surface area contributed by atoms with E-state index in [0.717, 1.165) is 5.39 Å². The minimum absolute atomic E-state index is 0.324. The zero-order chi connectivity index (χ0) is 19.1. The number of thioether (sulfide) groups is 1. The molecule has 4 aromatic rings. The lowest BCUT2D eigenvalue weighted by Gasteiger charge is -2.19. The molecule has 0 atom stereocenters. The number of aromatic nitrogens is 5. The van der Waals surface area contributed by atoms with Crippen molar-refractivity contribution in [1.82, 2.24) is 24.6 Å².